The number of aliphatic hydroxyl groups is 1. The van der Waals surface area contributed by atoms with Crippen LogP contribution in [0.25, 0.3) is 0 Å². The molecular weight excluding hydrogens is 216 g/mol. The smallest absolute Gasteiger partial charge is 0.251 e. The van der Waals surface area contributed by atoms with Crippen LogP contribution in [-0.4, -0.2) is 28.1 Å². The molecule has 1 aromatic heterocycles. The molecule has 2 rings (SSSR count). The minimum atomic E-state index is -0.189. The zero-order chi connectivity index (χ0) is 12.3. The summed E-state index contributed by atoms with van der Waals surface area (Å²) in [5.74, 6) is -0.0445. The number of hydrogen-bond acceptors (Lipinski definition) is 3. The molecule has 1 aliphatic rings. The summed E-state index contributed by atoms with van der Waals surface area (Å²) in [7, 11) is 0. The van der Waals surface area contributed by atoms with Crippen molar-refractivity contribution in [3.05, 3.63) is 29.6 Å². The molecule has 1 aromatic rings. The number of carbonyl (C=O) groups excluding carboxylic acids is 1. The van der Waals surface area contributed by atoms with Crippen LogP contribution in [0.2, 0.25) is 0 Å². The van der Waals surface area contributed by atoms with E-state index in [2.05, 4.69) is 10.3 Å². The third-order valence-corrected chi connectivity index (χ3v) is 3.19. The molecule has 0 unspecified atom stereocenters. The van der Waals surface area contributed by atoms with Crippen molar-refractivity contribution in [2.24, 2.45) is 0 Å². The summed E-state index contributed by atoms with van der Waals surface area (Å²) in [4.78, 5) is 16.0. The van der Waals surface area contributed by atoms with Crippen molar-refractivity contribution in [1.29, 1.82) is 0 Å². The number of carbonyl (C=O) groups is 1. The van der Waals surface area contributed by atoms with Gasteiger partial charge >= 0.3 is 0 Å². The topological polar surface area (TPSA) is 62.2 Å². The Bertz CT molecular complexity index is 398. The molecule has 1 heterocycles. The average molecular weight is 234 g/mol. The third-order valence-electron chi connectivity index (χ3n) is 3.19. The normalized spacial score (nSPS) is 24.4. The third kappa shape index (κ3) is 3.27. The van der Waals surface area contributed by atoms with Crippen molar-refractivity contribution in [2.45, 2.75) is 44.8 Å². The maximum absolute atomic E-state index is 11.9. The fourth-order valence-corrected chi connectivity index (χ4v) is 2.18. The number of pyridine rings is 1. The highest BCUT2D eigenvalue weighted by molar-refractivity contribution is 5.94. The number of nitrogens with one attached hydrogen (secondary N) is 1. The van der Waals surface area contributed by atoms with Crippen LogP contribution in [0.4, 0.5) is 0 Å². The molecule has 0 radical (unpaired) electrons. The molecule has 17 heavy (non-hydrogen) atoms. The number of amides is 1. The van der Waals surface area contributed by atoms with Crippen LogP contribution in [0.3, 0.4) is 0 Å². The van der Waals surface area contributed by atoms with Gasteiger partial charge in [0.2, 0.25) is 0 Å². The monoisotopic (exact) mass is 234 g/mol. The lowest BCUT2D eigenvalue weighted by Crippen LogP contribution is -2.38. The van der Waals surface area contributed by atoms with Gasteiger partial charge < -0.3 is 10.4 Å². The van der Waals surface area contributed by atoms with Gasteiger partial charge in [0.15, 0.2) is 0 Å². The Balaban J connectivity index is 1.93. The van der Waals surface area contributed by atoms with Crippen molar-refractivity contribution < 1.29 is 9.90 Å². The van der Waals surface area contributed by atoms with Crippen LogP contribution in [0, 0.1) is 6.92 Å². The van der Waals surface area contributed by atoms with E-state index in [0.717, 1.165) is 31.4 Å². The predicted octanol–water partition coefficient (Wildman–Crippen LogP) is 1.42. The maximum atomic E-state index is 11.9. The molecular formula is C13H18N2O2. The minimum Gasteiger partial charge on any atom is -0.393 e. The zero-order valence-corrected chi connectivity index (χ0v) is 10.0. The Morgan fingerprint density at radius 2 is 2.12 bits per heavy atom. The van der Waals surface area contributed by atoms with Crippen LogP contribution < -0.4 is 5.32 Å². The van der Waals surface area contributed by atoms with Gasteiger partial charge in [0.05, 0.1) is 6.10 Å². The summed E-state index contributed by atoms with van der Waals surface area (Å²) < 4.78 is 0. The van der Waals surface area contributed by atoms with Crippen molar-refractivity contribution in [3.8, 4) is 0 Å². The average Bonchev–Trinajstić information content (AvgIpc) is 2.32. The van der Waals surface area contributed by atoms with E-state index in [9.17, 15) is 9.90 Å². The molecule has 0 aliphatic heterocycles. The van der Waals surface area contributed by atoms with Gasteiger partial charge in [0, 0.05) is 23.5 Å². The van der Waals surface area contributed by atoms with E-state index in [1.54, 1.807) is 18.3 Å². The number of aromatic nitrogens is 1. The molecule has 0 bridgehead atoms. The van der Waals surface area contributed by atoms with Gasteiger partial charge in [-0.25, -0.2) is 0 Å². The lowest BCUT2D eigenvalue weighted by atomic mass is 9.93. The number of aryl methyl sites for hydroxylation is 1. The Morgan fingerprint density at radius 3 is 2.76 bits per heavy atom. The highest BCUT2D eigenvalue weighted by Crippen LogP contribution is 2.18. The van der Waals surface area contributed by atoms with Gasteiger partial charge in [-0.15, -0.1) is 0 Å². The molecule has 92 valence electrons. The first kappa shape index (κ1) is 12.0. The SMILES string of the molecule is Cc1cc(C(=O)NC2CCC(O)CC2)ccn1. The van der Waals surface area contributed by atoms with Crippen molar-refractivity contribution >= 4 is 5.91 Å². The van der Waals surface area contributed by atoms with E-state index in [1.165, 1.54) is 0 Å². The van der Waals surface area contributed by atoms with E-state index >= 15 is 0 Å². The second-order valence-corrected chi connectivity index (χ2v) is 4.66. The van der Waals surface area contributed by atoms with Gasteiger partial charge in [-0.1, -0.05) is 0 Å². The molecule has 1 saturated carbocycles. The van der Waals surface area contributed by atoms with E-state index in [1.807, 2.05) is 6.92 Å². The van der Waals surface area contributed by atoms with Gasteiger partial charge in [0.25, 0.3) is 5.91 Å². The lowest BCUT2D eigenvalue weighted by Gasteiger charge is -2.26. The molecule has 4 nitrogen and oxygen atoms in total. The number of aliphatic hydroxyl groups excluding tert-OH is 1. The molecule has 0 aromatic carbocycles. The quantitative estimate of drug-likeness (QED) is 0.813. The first-order valence-electron chi connectivity index (χ1n) is 6.07. The summed E-state index contributed by atoms with van der Waals surface area (Å²) in [6.45, 7) is 1.87. The first-order chi connectivity index (χ1) is 8.15. The molecule has 0 atom stereocenters. The zero-order valence-electron chi connectivity index (χ0n) is 10.0. The molecule has 0 spiro atoms. The summed E-state index contributed by atoms with van der Waals surface area (Å²) in [6, 6.07) is 3.70. The van der Waals surface area contributed by atoms with Gasteiger partial charge in [-0.05, 0) is 44.7 Å². The van der Waals surface area contributed by atoms with Gasteiger partial charge in [-0.2, -0.15) is 0 Å². The Labute approximate surface area is 101 Å². The largest absolute Gasteiger partial charge is 0.393 e. The van der Waals surface area contributed by atoms with Crippen LogP contribution in [0.15, 0.2) is 18.3 Å². The summed E-state index contributed by atoms with van der Waals surface area (Å²) in [6.07, 6.45) is 4.73. The first-order valence-corrected chi connectivity index (χ1v) is 6.07. The summed E-state index contributed by atoms with van der Waals surface area (Å²) >= 11 is 0. The molecule has 1 aliphatic carbocycles. The minimum absolute atomic E-state index is 0.0445. The Morgan fingerprint density at radius 1 is 1.41 bits per heavy atom. The molecule has 0 saturated heterocycles. The molecule has 4 heteroatoms. The molecule has 2 N–H and O–H groups in total. The van der Waals surface area contributed by atoms with Crippen molar-refractivity contribution in [2.75, 3.05) is 0 Å². The fourth-order valence-electron chi connectivity index (χ4n) is 2.18. The standard InChI is InChI=1S/C13H18N2O2/c1-9-8-10(6-7-14-9)13(17)15-11-2-4-12(16)5-3-11/h6-8,11-12,16H,2-5H2,1H3,(H,15,17). The second kappa shape index (κ2) is 5.27. The summed E-state index contributed by atoms with van der Waals surface area (Å²) in [5, 5.41) is 12.4. The van der Waals surface area contributed by atoms with E-state index in [-0.39, 0.29) is 18.1 Å². The predicted molar refractivity (Wildman–Crippen MR) is 64.7 cm³/mol. The second-order valence-electron chi connectivity index (χ2n) is 4.66. The van der Waals surface area contributed by atoms with Crippen molar-refractivity contribution in [1.82, 2.24) is 10.3 Å². The number of rotatable bonds is 2. The van der Waals surface area contributed by atoms with Crippen LogP contribution >= 0.6 is 0 Å². The lowest BCUT2D eigenvalue weighted by molar-refractivity contribution is 0.0867. The van der Waals surface area contributed by atoms with Crippen LogP contribution in [0.1, 0.15) is 41.7 Å². The van der Waals surface area contributed by atoms with Crippen LogP contribution in [0.5, 0.6) is 0 Å². The van der Waals surface area contributed by atoms with E-state index < -0.39 is 0 Å². The van der Waals surface area contributed by atoms with E-state index in [4.69, 9.17) is 0 Å². The van der Waals surface area contributed by atoms with Crippen LogP contribution in [-0.2, 0) is 0 Å². The van der Waals surface area contributed by atoms with Gasteiger partial charge in [-0.3, -0.25) is 9.78 Å². The van der Waals surface area contributed by atoms with Crippen molar-refractivity contribution in [3.63, 3.8) is 0 Å². The highest BCUT2D eigenvalue weighted by Gasteiger charge is 2.21. The maximum Gasteiger partial charge on any atom is 0.251 e. The van der Waals surface area contributed by atoms with Gasteiger partial charge in [0.1, 0.15) is 0 Å². The summed E-state index contributed by atoms with van der Waals surface area (Å²) in [5.41, 5.74) is 1.50. The highest BCUT2D eigenvalue weighted by atomic mass is 16.3. The number of nitrogens with zero attached hydrogens (tertiary/aromatic N) is 1. The number of hydrogen-bond donors (Lipinski definition) is 2. The van der Waals surface area contributed by atoms with E-state index in [0.29, 0.717) is 5.56 Å². The molecule has 1 amide bonds. The Kier molecular flexibility index (Phi) is 3.74. The molecule has 1 fully saturated rings. The Hall–Kier alpha value is -1.42. The fraction of sp³-hybridized carbons (Fsp3) is 0.538.